The van der Waals surface area contributed by atoms with Gasteiger partial charge in [0, 0.05) is 34.8 Å². The van der Waals surface area contributed by atoms with Crippen LogP contribution >= 0.6 is 23.2 Å². The van der Waals surface area contributed by atoms with Gasteiger partial charge in [-0.05, 0) is 49.5 Å². The van der Waals surface area contributed by atoms with E-state index in [0.717, 1.165) is 16.8 Å². The van der Waals surface area contributed by atoms with Crippen molar-refractivity contribution >= 4 is 40.8 Å². The number of amidine groups is 1. The van der Waals surface area contributed by atoms with Crippen LogP contribution in [0.15, 0.2) is 76.0 Å². The second-order valence-electron chi connectivity index (χ2n) is 10.5. The molecule has 4 rings (SSSR count). The lowest BCUT2D eigenvalue weighted by Gasteiger charge is -2.38. The second-order valence-corrected chi connectivity index (χ2v) is 11.4. The zero-order valence-electron chi connectivity index (χ0n) is 24.2. The van der Waals surface area contributed by atoms with E-state index in [9.17, 15) is 0 Å². The van der Waals surface area contributed by atoms with Crippen molar-refractivity contribution in [1.82, 2.24) is 9.91 Å². The quantitative estimate of drug-likeness (QED) is 0.314. The Kier molecular flexibility index (Phi) is 9.64. The molecule has 8 nitrogen and oxygen atoms in total. The standard InChI is InChI=1S/C30H37Cl2FN6O2/c1-17(16-37(4)5)27(39(34)24-15-35-30(41-7)36-29(24)40-6)25-18(2)19(3)38(23-10-8-9-22(32)26(23)33)28(25)20-11-13-21(31)14-12-20/h8-14,17-18,24,28H,3,15-16,34H2,1-2,4-7H3. The smallest absolute Gasteiger partial charge is 0.314 e. The van der Waals surface area contributed by atoms with Crippen LogP contribution in [0.2, 0.25) is 10.0 Å². The van der Waals surface area contributed by atoms with Gasteiger partial charge in [-0.25, -0.2) is 15.2 Å². The number of nitrogens with zero attached hydrogens (tertiary/aromatic N) is 5. The number of anilines is 1. The van der Waals surface area contributed by atoms with Gasteiger partial charge in [0.25, 0.3) is 0 Å². The summed E-state index contributed by atoms with van der Waals surface area (Å²) in [6, 6.07) is 11.8. The Balaban J connectivity index is 1.99. The zero-order valence-corrected chi connectivity index (χ0v) is 25.7. The first kappa shape index (κ1) is 30.8. The molecule has 1 fully saturated rings. The Morgan fingerprint density at radius 1 is 1.17 bits per heavy atom. The SMILES string of the molecule is C=C1C(C)C(=C(C(C)CN(C)C)N(N)C2CN=C(OC)N=C2OC)C(c2ccc(Cl)cc2)N1c1cccc(Cl)c1F. The van der Waals surface area contributed by atoms with E-state index in [-0.39, 0.29) is 29.4 Å². The van der Waals surface area contributed by atoms with E-state index < -0.39 is 17.9 Å². The maximum Gasteiger partial charge on any atom is 0.314 e. The van der Waals surface area contributed by atoms with E-state index in [4.69, 9.17) is 38.5 Å². The Morgan fingerprint density at radius 2 is 1.85 bits per heavy atom. The predicted molar refractivity (Wildman–Crippen MR) is 165 cm³/mol. The summed E-state index contributed by atoms with van der Waals surface area (Å²) in [7, 11) is 7.08. The molecule has 220 valence electrons. The van der Waals surface area contributed by atoms with Crippen LogP contribution in [0, 0.1) is 17.7 Å². The van der Waals surface area contributed by atoms with E-state index in [1.54, 1.807) is 24.3 Å². The third-order valence-electron chi connectivity index (χ3n) is 7.50. The third-order valence-corrected chi connectivity index (χ3v) is 8.05. The molecular weight excluding hydrogens is 566 g/mol. The number of halogens is 3. The number of rotatable bonds is 7. The second kappa shape index (κ2) is 12.8. The van der Waals surface area contributed by atoms with Gasteiger partial charge < -0.3 is 24.3 Å². The molecule has 2 aliphatic rings. The first-order chi connectivity index (χ1) is 19.5. The zero-order chi connectivity index (χ0) is 30.0. The lowest BCUT2D eigenvalue weighted by molar-refractivity contribution is 0.225. The van der Waals surface area contributed by atoms with E-state index in [2.05, 4.69) is 35.3 Å². The van der Waals surface area contributed by atoms with Crippen LogP contribution in [0.3, 0.4) is 0 Å². The highest BCUT2D eigenvalue weighted by molar-refractivity contribution is 6.31. The molecule has 1 saturated heterocycles. The first-order valence-corrected chi connectivity index (χ1v) is 14.1. The van der Waals surface area contributed by atoms with Crippen LogP contribution in [0.4, 0.5) is 10.1 Å². The fourth-order valence-electron chi connectivity index (χ4n) is 5.67. The monoisotopic (exact) mass is 602 g/mol. The maximum absolute atomic E-state index is 15.6. The average molecular weight is 604 g/mol. The summed E-state index contributed by atoms with van der Waals surface area (Å²) < 4.78 is 26.5. The first-order valence-electron chi connectivity index (χ1n) is 13.3. The normalized spacial score (nSPS) is 22.9. The molecule has 2 heterocycles. The Labute approximate surface area is 251 Å². The molecule has 0 aromatic heterocycles. The van der Waals surface area contributed by atoms with E-state index in [1.807, 2.05) is 43.3 Å². The summed E-state index contributed by atoms with van der Waals surface area (Å²) in [5, 5.41) is 2.33. The van der Waals surface area contributed by atoms with Gasteiger partial charge in [0.2, 0.25) is 5.90 Å². The molecule has 0 bridgehead atoms. The van der Waals surface area contributed by atoms with Crippen LogP contribution in [0.5, 0.6) is 0 Å². The minimum atomic E-state index is -0.516. The highest BCUT2D eigenvalue weighted by atomic mass is 35.5. The minimum Gasteiger partial charge on any atom is -0.482 e. The highest BCUT2D eigenvalue weighted by Crippen LogP contribution is 2.52. The number of aliphatic imine (C=N–C) groups is 2. The molecular formula is C30H37Cl2FN6O2. The van der Waals surface area contributed by atoms with E-state index in [0.29, 0.717) is 28.8 Å². The van der Waals surface area contributed by atoms with Crippen LogP contribution < -0.4 is 10.7 Å². The summed E-state index contributed by atoms with van der Waals surface area (Å²) in [4.78, 5) is 12.9. The van der Waals surface area contributed by atoms with Gasteiger partial charge in [-0.3, -0.25) is 0 Å². The molecule has 0 radical (unpaired) electrons. The predicted octanol–water partition coefficient (Wildman–Crippen LogP) is 5.90. The van der Waals surface area contributed by atoms with Gasteiger partial charge in [-0.1, -0.05) is 61.8 Å². The third kappa shape index (κ3) is 6.09. The summed E-state index contributed by atoms with van der Waals surface area (Å²) in [6.07, 6.45) is 0. The Morgan fingerprint density at radius 3 is 2.46 bits per heavy atom. The van der Waals surface area contributed by atoms with Crippen molar-refractivity contribution in [1.29, 1.82) is 0 Å². The molecule has 4 atom stereocenters. The van der Waals surface area contributed by atoms with Crippen molar-refractivity contribution < 1.29 is 13.9 Å². The van der Waals surface area contributed by atoms with Crippen molar-refractivity contribution in [2.75, 3.05) is 46.3 Å². The number of hydrazine groups is 1. The molecule has 0 spiro atoms. The number of methoxy groups -OCH3 is 2. The molecule has 2 aliphatic heterocycles. The molecule has 2 aromatic carbocycles. The molecule has 4 unspecified atom stereocenters. The Hall–Kier alpha value is -3.11. The van der Waals surface area contributed by atoms with Gasteiger partial charge in [0.15, 0.2) is 5.82 Å². The molecule has 0 amide bonds. The van der Waals surface area contributed by atoms with Crippen LogP contribution in [-0.2, 0) is 9.47 Å². The van der Waals surface area contributed by atoms with Crippen LogP contribution in [0.1, 0.15) is 25.5 Å². The van der Waals surface area contributed by atoms with Crippen LogP contribution in [-0.4, -0.2) is 69.3 Å². The summed E-state index contributed by atoms with van der Waals surface area (Å²) in [6.45, 7) is 9.60. The van der Waals surface area contributed by atoms with Crippen molar-refractivity contribution in [3.05, 3.63) is 87.4 Å². The lowest BCUT2D eigenvalue weighted by Crippen LogP contribution is -2.51. The number of ether oxygens (including phenoxy) is 2. The minimum absolute atomic E-state index is 0.0341. The maximum atomic E-state index is 15.6. The van der Waals surface area contributed by atoms with Crippen molar-refractivity contribution in [2.45, 2.75) is 25.9 Å². The van der Waals surface area contributed by atoms with Crippen LogP contribution in [0.25, 0.3) is 0 Å². The molecule has 0 saturated carbocycles. The molecule has 41 heavy (non-hydrogen) atoms. The van der Waals surface area contributed by atoms with Gasteiger partial charge >= 0.3 is 6.02 Å². The number of nitrogens with two attached hydrogens (primary N) is 1. The van der Waals surface area contributed by atoms with Gasteiger partial charge in [-0.15, -0.1) is 0 Å². The van der Waals surface area contributed by atoms with Gasteiger partial charge in [-0.2, -0.15) is 4.99 Å². The summed E-state index contributed by atoms with van der Waals surface area (Å²) in [5.74, 6) is 6.65. The molecule has 11 heteroatoms. The number of benzene rings is 2. The molecule has 2 N–H and O–H groups in total. The van der Waals surface area contributed by atoms with Crippen molar-refractivity contribution in [3.63, 3.8) is 0 Å². The highest BCUT2D eigenvalue weighted by Gasteiger charge is 2.45. The summed E-state index contributed by atoms with van der Waals surface area (Å²) in [5.41, 5.74) is 3.79. The van der Waals surface area contributed by atoms with Crippen molar-refractivity contribution in [2.24, 2.45) is 27.7 Å². The topological polar surface area (TPSA) is 78.9 Å². The van der Waals surface area contributed by atoms with E-state index in [1.165, 1.54) is 13.2 Å². The number of hydrogen-bond donors (Lipinski definition) is 1. The average Bonchev–Trinajstić information content (AvgIpc) is 3.19. The molecule has 2 aromatic rings. The molecule has 0 aliphatic carbocycles. The van der Waals surface area contributed by atoms with Gasteiger partial charge in [0.1, 0.15) is 6.04 Å². The van der Waals surface area contributed by atoms with Crippen molar-refractivity contribution in [3.8, 4) is 0 Å². The Bertz CT molecular complexity index is 1380. The van der Waals surface area contributed by atoms with Gasteiger partial charge in [0.05, 0.1) is 37.5 Å². The fraction of sp³-hybridized carbons (Fsp3) is 0.400. The number of hydrogen-bond acceptors (Lipinski definition) is 8. The summed E-state index contributed by atoms with van der Waals surface area (Å²) >= 11 is 12.5. The lowest BCUT2D eigenvalue weighted by atomic mass is 9.87. The largest absolute Gasteiger partial charge is 0.482 e. The van der Waals surface area contributed by atoms with E-state index >= 15 is 4.39 Å². The number of allylic oxidation sites excluding steroid dienone is 1. The fourth-order valence-corrected chi connectivity index (χ4v) is 5.97.